The highest BCUT2D eigenvalue weighted by Gasteiger charge is 2.13. The van der Waals surface area contributed by atoms with E-state index in [-0.39, 0.29) is 5.56 Å². The Hall–Kier alpha value is -2.03. The summed E-state index contributed by atoms with van der Waals surface area (Å²) >= 11 is 0. The van der Waals surface area contributed by atoms with Crippen LogP contribution in [0.25, 0.3) is 11.3 Å². The second kappa shape index (κ2) is 4.69. The molecule has 0 saturated carbocycles. The summed E-state index contributed by atoms with van der Waals surface area (Å²) in [5, 5.41) is 0. The first kappa shape index (κ1) is 11.1. The quantitative estimate of drug-likeness (QED) is 0.876. The third-order valence-corrected chi connectivity index (χ3v) is 3.39. The number of aromatic nitrogens is 1. The van der Waals surface area contributed by atoms with Crippen molar-refractivity contribution in [1.29, 1.82) is 0 Å². The molecule has 0 unspecified atom stereocenters. The molecule has 1 N–H and O–H groups in total. The van der Waals surface area contributed by atoms with Gasteiger partial charge in [0.15, 0.2) is 0 Å². The van der Waals surface area contributed by atoms with Crippen molar-refractivity contribution in [2.45, 2.75) is 12.8 Å². The highest BCUT2D eigenvalue weighted by atomic mass is 16.1. The average Bonchev–Trinajstić information content (AvgIpc) is 2.93. The Morgan fingerprint density at radius 1 is 1.00 bits per heavy atom. The number of nitrogens with one attached hydrogen (secondary N) is 1. The van der Waals surface area contributed by atoms with Gasteiger partial charge in [0.2, 0.25) is 5.56 Å². The summed E-state index contributed by atoms with van der Waals surface area (Å²) in [4.78, 5) is 16.9. The Morgan fingerprint density at radius 3 is 2.44 bits per heavy atom. The van der Waals surface area contributed by atoms with Crippen molar-refractivity contribution < 1.29 is 0 Å². The Bertz CT molecular complexity index is 583. The number of hydrogen-bond donors (Lipinski definition) is 1. The van der Waals surface area contributed by atoms with Crippen LogP contribution in [0.3, 0.4) is 0 Å². The van der Waals surface area contributed by atoms with E-state index < -0.39 is 0 Å². The maximum atomic E-state index is 11.8. The fraction of sp³-hybridized carbons (Fsp3) is 0.267. The number of H-pyrrole nitrogens is 1. The van der Waals surface area contributed by atoms with Gasteiger partial charge in [-0.3, -0.25) is 4.79 Å². The SMILES string of the molecule is O=c1cc(N2CCCC2)cc(-c2ccccc2)[nH]1. The first-order chi connectivity index (χ1) is 8.83. The van der Waals surface area contributed by atoms with Gasteiger partial charge in [-0.15, -0.1) is 0 Å². The molecule has 0 atom stereocenters. The number of anilines is 1. The maximum Gasteiger partial charge on any atom is 0.250 e. The molecule has 0 spiro atoms. The van der Waals surface area contributed by atoms with Crippen molar-refractivity contribution in [3.8, 4) is 11.3 Å². The van der Waals surface area contributed by atoms with Crippen molar-refractivity contribution in [2.24, 2.45) is 0 Å². The minimum atomic E-state index is -0.0294. The van der Waals surface area contributed by atoms with E-state index in [1.54, 1.807) is 6.07 Å². The van der Waals surface area contributed by atoms with Crippen LogP contribution >= 0.6 is 0 Å². The number of hydrogen-bond acceptors (Lipinski definition) is 2. The van der Waals surface area contributed by atoms with Crippen molar-refractivity contribution >= 4 is 5.69 Å². The molecule has 1 aromatic carbocycles. The van der Waals surface area contributed by atoms with E-state index in [1.807, 2.05) is 30.3 Å². The summed E-state index contributed by atoms with van der Waals surface area (Å²) < 4.78 is 0. The van der Waals surface area contributed by atoms with Crippen LogP contribution in [0.15, 0.2) is 47.3 Å². The predicted molar refractivity (Wildman–Crippen MR) is 73.9 cm³/mol. The minimum Gasteiger partial charge on any atom is -0.371 e. The molecular weight excluding hydrogens is 224 g/mol. The van der Waals surface area contributed by atoms with E-state index in [0.29, 0.717) is 0 Å². The Labute approximate surface area is 106 Å². The standard InChI is InChI=1S/C15H16N2O/c18-15-11-13(17-8-4-5-9-17)10-14(16-15)12-6-2-1-3-7-12/h1-3,6-7,10-11H,4-5,8-9H2,(H,16,18). The van der Waals surface area contributed by atoms with Crippen LogP contribution in [0.1, 0.15) is 12.8 Å². The highest BCUT2D eigenvalue weighted by Crippen LogP contribution is 2.23. The van der Waals surface area contributed by atoms with Gasteiger partial charge in [-0.2, -0.15) is 0 Å². The van der Waals surface area contributed by atoms with Gasteiger partial charge in [-0.1, -0.05) is 30.3 Å². The highest BCUT2D eigenvalue weighted by molar-refractivity contribution is 5.64. The lowest BCUT2D eigenvalue weighted by Gasteiger charge is -2.17. The van der Waals surface area contributed by atoms with Crippen molar-refractivity contribution in [3.63, 3.8) is 0 Å². The molecule has 1 saturated heterocycles. The van der Waals surface area contributed by atoms with Crippen molar-refractivity contribution in [3.05, 3.63) is 52.8 Å². The molecular formula is C15H16N2O. The van der Waals surface area contributed by atoms with Crippen LogP contribution < -0.4 is 10.5 Å². The van der Waals surface area contributed by atoms with Crippen molar-refractivity contribution in [2.75, 3.05) is 18.0 Å². The molecule has 1 fully saturated rings. The maximum absolute atomic E-state index is 11.8. The number of aromatic amines is 1. The molecule has 3 heteroatoms. The number of nitrogens with zero attached hydrogens (tertiary/aromatic N) is 1. The van der Waals surface area contributed by atoms with E-state index >= 15 is 0 Å². The van der Waals surface area contributed by atoms with E-state index in [9.17, 15) is 4.79 Å². The molecule has 0 radical (unpaired) electrons. The molecule has 0 amide bonds. The summed E-state index contributed by atoms with van der Waals surface area (Å²) in [7, 11) is 0. The summed E-state index contributed by atoms with van der Waals surface area (Å²) in [5.74, 6) is 0. The zero-order chi connectivity index (χ0) is 12.4. The number of pyridine rings is 1. The van der Waals surface area contributed by atoms with Crippen molar-refractivity contribution in [1.82, 2.24) is 4.98 Å². The molecule has 2 aromatic rings. The fourth-order valence-electron chi connectivity index (χ4n) is 2.46. The molecule has 18 heavy (non-hydrogen) atoms. The monoisotopic (exact) mass is 240 g/mol. The van der Waals surface area contributed by atoms with E-state index in [4.69, 9.17) is 0 Å². The Kier molecular flexibility index (Phi) is 2.89. The van der Waals surface area contributed by atoms with E-state index in [0.717, 1.165) is 30.0 Å². The molecule has 1 aliphatic rings. The summed E-state index contributed by atoms with van der Waals surface area (Å²) in [6, 6.07) is 13.7. The zero-order valence-electron chi connectivity index (χ0n) is 10.2. The van der Waals surface area contributed by atoms with Gasteiger partial charge < -0.3 is 9.88 Å². The van der Waals surface area contributed by atoms with Gasteiger partial charge >= 0.3 is 0 Å². The fourth-order valence-corrected chi connectivity index (χ4v) is 2.46. The lowest BCUT2D eigenvalue weighted by Crippen LogP contribution is -2.20. The molecule has 3 rings (SSSR count). The normalized spacial score (nSPS) is 15.0. The third-order valence-electron chi connectivity index (χ3n) is 3.39. The zero-order valence-corrected chi connectivity index (χ0v) is 10.2. The Morgan fingerprint density at radius 2 is 1.72 bits per heavy atom. The van der Waals surface area contributed by atoms with Crippen LogP contribution in [0.2, 0.25) is 0 Å². The smallest absolute Gasteiger partial charge is 0.250 e. The van der Waals surface area contributed by atoms with Crippen LogP contribution in [0.4, 0.5) is 5.69 Å². The number of rotatable bonds is 2. The van der Waals surface area contributed by atoms with Gasteiger partial charge in [0.05, 0.1) is 5.69 Å². The molecule has 0 aliphatic carbocycles. The first-order valence-corrected chi connectivity index (χ1v) is 6.38. The minimum absolute atomic E-state index is 0.0294. The second-order valence-electron chi connectivity index (χ2n) is 4.68. The summed E-state index contributed by atoms with van der Waals surface area (Å²) in [6.07, 6.45) is 2.43. The predicted octanol–water partition coefficient (Wildman–Crippen LogP) is 2.64. The molecule has 0 bridgehead atoms. The third kappa shape index (κ3) is 2.16. The van der Waals surface area contributed by atoms with E-state index in [1.165, 1.54) is 12.8 Å². The van der Waals surface area contributed by atoms with Gasteiger partial charge in [-0.05, 0) is 24.5 Å². The van der Waals surface area contributed by atoms with Gasteiger partial charge in [0.25, 0.3) is 0 Å². The average molecular weight is 240 g/mol. The first-order valence-electron chi connectivity index (χ1n) is 6.38. The lowest BCUT2D eigenvalue weighted by atomic mass is 10.1. The van der Waals surface area contributed by atoms with Gasteiger partial charge in [0.1, 0.15) is 0 Å². The van der Waals surface area contributed by atoms with Crippen LogP contribution in [-0.2, 0) is 0 Å². The van der Waals surface area contributed by atoms with E-state index in [2.05, 4.69) is 16.0 Å². The van der Waals surface area contributed by atoms with Crippen LogP contribution in [0.5, 0.6) is 0 Å². The molecule has 92 valence electrons. The van der Waals surface area contributed by atoms with Gasteiger partial charge in [0, 0.05) is 24.8 Å². The summed E-state index contributed by atoms with van der Waals surface area (Å²) in [5.41, 5.74) is 2.95. The molecule has 2 heterocycles. The topological polar surface area (TPSA) is 36.1 Å². The van der Waals surface area contributed by atoms with Crippen LogP contribution in [-0.4, -0.2) is 18.1 Å². The van der Waals surface area contributed by atoms with Gasteiger partial charge in [-0.25, -0.2) is 0 Å². The molecule has 3 nitrogen and oxygen atoms in total. The Balaban J connectivity index is 2.03. The second-order valence-corrected chi connectivity index (χ2v) is 4.68. The largest absolute Gasteiger partial charge is 0.371 e. The lowest BCUT2D eigenvalue weighted by molar-refractivity contribution is 0.949. The summed E-state index contributed by atoms with van der Waals surface area (Å²) in [6.45, 7) is 2.11. The van der Waals surface area contributed by atoms with Crippen LogP contribution in [0, 0.1) is 0 Å². The number of benzene rings is 1. The molecule has 1 aliphatic heterocycles. The molecule has 1 aromatic heterocycles.